The summed E-state index contributed by atoms with van der Waals surface area (Å²) < 4.78 is 6.45. The van der Waals surface area contributed by atoms with Crippen LogP contribution in [0.1, 0.15) is 49.9 Å². The van der Waals surface area contributed by atoms with Gasteiger partial charge >= 0.3 is 6.03 Å². The van der Waals surface area contributed by atoms with E-state index < -0.39 is 12.2 Å². The number of carbonyl (C=O) groups excluding carboxylic acids is 3. The van der Waals surface area contributed by atoms with Gasteiger partial charge in [0.1, 0.15) is 23.5 Å². The number of likely N-dealkylation sites (N-methyl/N-ethyl adjacent to an activating group) is 1. The second-order valence-electron chi connectivity index (χ2n) is 14.5. The van der Waals surface area contributed by atoms with Crippen molar-refractivity contribution in [2.75, 3.05) is 58.3 Å². The molecule has 0 radical (unpaired) electrons. The van der Waals surface area contributed by atoms with Crippen LogP contribution in [0.25, 0.3) is 21.5 Å². The van der Waals surface area contributed by atoms with E-state index in [1.807, 2.05) is 13.0 Å². The molecule has 4 amide bonds. The predicted octanol–water partition coefficient (Wildman–Crippen LogP) is 5.20. The first-order valence-electron chi connectivity index (χ1n) is 19.8. The zero-order valence-corrected chi connectivity index (χ0v) is 36.2. The van der Waals surface area contributed by atoms with Crippen molar-refractivity contribution in [3.05, 3.63) is 135 Å². The van der Waals surface area contributed by atoms with Crippen LogP contribution < -0.4 is 37.5 Å². The van der Waals surface area contributed by atoms with Gasteiger partial charge in [0, 0.05) is 93.4 Å². The van der Waals surface area contributed by atoms with Crippen molar-refractivity contribution >= 4 is 74.2 Å². The van der Waals surface area contributed by atoms with Crippen molar-refractivity contribution in [3.8, 4) is 29.4 Å². The number of rotatable bonds is 13. The molecule has 2 unspecified atom stereocenters. The lowest BCUT2D eigenvalue weighted by Crippen LogP contribution is -2.45. The highest BCUT2D eigenvalue weighted by Gasteiger charge is 2.19. The molecule has 6 aromatic rings. The van der Waals surface area contributed by atoms with Gasteiger partial charge in [0.15, 0.2) is 0 Å². The molecule has 2 aromatic heterocycles. The van der Waals surface area contributed by atoms with E-state index in [4.69, 9.17) is 39.4 Å². The third kappa shape index (κ3) is 12.1. The molecule has 0 saturated heterocycles. The van der Waals surface area contributed by atoms with Crippen molar-refractivity contribution in [2.24, 2.45) is 0 Å². The number of carbonyl (C=O) groups is 3. The van der Waals surface area contributed by atoms with Crippen molar-refractivity contribution in [3.63, 3.8) is 0 Å². The van der Waals surface area contributed by atoms with Gasteiger partial charge in [-0.25, -0.2) is 14.8 Å². The number of pyridine rings is 2. The molecule has 0 aliphatic rings. The normalized spacial score (nSPS) is 11.7. The van der Waals surface area contributed by atoms with E-state index in [1.54, 1.807) is 99.3 Å². The van der Waals surface area contributed by atoms with Gasteiger partial charge in [-0.2, -0.15) is 0 Å². The molecule has 0 aliphatic carbocycles. The Morgan fingerprint density at radius 3 is 1.86 bits per heavy atom. The molecule has 2 heterocycles. The minimum absolute atomic E-state index is 0.00223. The summed E-state index contributed by atoms with van der Waals surface area (Å²) in [6.45, 7) is 3.16. The Bertz CT molecular complexity index is 2770. The number of aromatic nitrogens is 2. The fraction of sp³-hybridized carbons (Fsp3) is 0.213. The third-order valence-corrected chi connectivity index (χ3v) is 10.1. The van der Waals surface area contributed by atoms with Crippen molar-refractivity contribution < 1.29 is 24.2 Å². The molecule has 0 aliphatic heterocycles. The van der Waals surface area contributed by atoms with Crippen LogP contribution >= 0.6 is 23.2 Å². The lowest BCUT2D eigenvalue weighted by molar-refractivity contribution is 0.0913. The topological polar surface area (TPSA) is 210 Å². The second kappa shape index (κ2) is 21.1. The molecule has 9 N–H and O–H groups in total. The number of nitrogens with one attached hydrogen (secondary N) is 4. The van der Waals surface area contributed by atoms with Crippen LogP contribution in [0, 0.1) is 23.7 Å². The molecule has 14 nitrogen and oxygen atoms in total. The van der Waals surface area contributed by atoms with Gasteiger partial charge in [-0.3, -0.25) is 9.59 Å². The Morgan fingerprint density at radius 2 is 1.25 bits per heavy atom. The summed E-state index contributed by atoms with van der Waals surface area (Å²) in [5.41, 5.74) is 15.5. The first kappa shape index (κ1) is 45.5. The highest BCUT2D eigenvalue weighted by Crippen LogP contribution is 2.34. The lowest BCUT2D eigenvalue weighted by Gasteiger charge is -2.23. The Balaban J connectivity index is 1.17. The molecule has 4 aromatic carbocycles. The molecular weight excluding hydrogens is 841 g/mol. The molecule has 0 bridgehead atoms. The molecule has 322 valence electrons. The standard InChI is InChI=1S/C47H45Cl2N9O5/c1-4-52-23-35(59)24-55-45(60)30-11-5-29(6-12-30)10-18-38-40-20-34(49)21-42(41(40)27-54-44(38)51)63-36(26-57-47(62)58(2)3)25-56-46(61)31-13-7-28(8-14-31)9-17-37-39-19-33(48)16-15-32(39)22-53-43(37)50/h5-8,11-16,19-22,27,35-36,52,59H,4,23-26H2,1-3H3,(H2,50,53)(H2,51,54)(H,55,60)(H,56,61)(H,57,62). The largest absolute Gasteiger partial charge is 0.486 e. The van der Waals surface area contributed by atoms with E-state index >= 15 is 0 Å². The van der Waals surface area contributed by atoms with Gasteiger partial charge in [0.25, 0.3) is 11.8 Å². The number of nitrogens with zero attached hydrogens (tertiary/aromatic N) is 3. The predicted molar refractivity (Wildman–Crippen MR) is 248 cm³/mol. The minimum Gasteiger partial charge on any atom is -0.486 e. The van der Waals surface area contributed by atoms with Gasteiger partial charge in [-0.15, -0.1) is 0 Å². The Kier molecular flexibility index (Phi) is 15.3. The zero-order chi connectivity index (χ0) is 45.0. The molecule has 6 rings (SSSR count). The summed E-state index contributed by atoms with van der Waals surface area (Å²) in [5, 5.41) is 25.1. The van der Waals surface area contributed by atoms with Crippen LogP contribution in [0.4, 0.5) is 16.4 Å². The number of ether oxygens (including phenoxy) is 1. The summed E-state index contributed by atoms with van der Waals surface area (Å²) in [6, 6.07) is 21.8. The Hall–Kier alpha value is -7.07. The molecule has 0 fully saturated rings. The van der Waals surface area contributed by atoms with Crippen molar-refractivity contribution in [1.29, 1.82) is 0 Å². The average molecular weight is 887 g/mol. The monoisotopic (exact) mass is 885 g/mol. The van der Waals surface area contributed by atoms with E-state index in [0.29, 0.717) is 73.0 Å². The van der Waals surface area contributed by atoms with Crippen LogP contribution in [-0.4, -0.2) is 96.8 Å². The second-order valence-corrected chi connectivity index (χ2v) is 15.4. The Labute approximate surface area is 374 Å². The maximum atomic E-state index is 13.4. The number of hydrogen-bond donors (Lipinski definition) is 7. The number of hydrogen-bond acceptors (Lipinski definition) is 10. The summed E-state index contributed by atoms with van der Waals surface area (Å²) in [5.74, 6) is 12.4. The zero-order valence-electron chi connectivity index (χ0n) is 34.7. The highest BCUT2D eigenvalue weighted by atomic mass is 35.5. The van der Waals surface area contributed by atoms with Gasteiger partial charge in [-0.1, -0.05) is 59.9 Å². The maximum absolute atomic E-state index is 13.4. The summed E-state index contributed by atoms with van der Waals surface area (Å²) in [6.07, 6.45) is 1.74. The first-order chi connectivity index (χ1) is 30.3. The summed E-state index contributed by atoms with van der Waals surface area (Å²) in [4.78, 5) is 48.6. The minimum atomic E-state index is -0.767. The smallest absolute Gasteiger partial charge is 0.317 e. The quantitative estimate of drug-likeness (QED) is 0.0754. The molecule has 2 atom stereocenters. The van der Waals surface area contributed by atoms with Crippen LogP contribution in [0.3, 0.4) is 0 Å². The summed E-state index contributed by atoms with van der Waals surface area (Å²) in [7, 11) is 3.22. The van der Waals surface area contributed by atoms with Crippen LogP contribution in [0.5, 0.6) is 5.75 Å². The average Bonchev–Trinajstić information content (AvgIpc) is 3.27. The molecular formula is C47H45Cl2N9O5. The molecule has 0 saturated carbocycles. The first-order valence-corrected chi connectivity index (χ1v) is 20.6. The molecule has 63 heavy (non-hydrogen) atoms. The van der Waals surface area contributed by atoms with E-state index in [1.165, 1.54) is 4.90 Å². The number of amides is 4. The van der Waals surface area contributed by atoms with E-state index in [2.05, 4.69) is 54.9 Å². The highest BCUT2D eigenvalue weighted by molar-refractivity contribution is 6.32. The van der Waals surface area contributed by atoms with Gasteiger partial charge in [0.2, 0.25) is 0 Å². The number of halogens is 2. The molecule has 16 heteroatoms. The fourth-order valence-electron chi connectivity index (χ4n) is 6.21. The SMILES string of the molecule is CCNCC(O)CNC(=O)c1ccc(C#Cc2c(N)ncc3c(OC(CNC(=O)c4ccc(C#Cc5c(N)ncc6ccc(Cl)cc56)cc4)CNC(=O)N(C)C)cc(Cl)cc23)cc1. The number of aliphatic hydroxyl groups excluding tert-OH is 1. The number of nitrogens with two attached hydrogens (primary N) is 2. The maximum Gasteiger partial charge on any atom is 0.317 e. The van der Waals surface area contributed by atoms with Gasteiger partial charge in [0.05, 0.1) is 30.3 Å². The van der Waals surface area contributed by atoms with Gasteiger partial charge < -0.3 is 47.5 Å². The van der Waals surface area contributed by atoms with E-state index in [0.717, 1.165) is 10.8 Å². The van der Waals surface area contributed by atoms with Crippen molar-refractivity contribution in [2.45, 2.75) is 19.1 Å². The third-order valence-electron chi connectivity index (χ3n) is 9.61. The van der Waals surface area contributed by atoms with E-state index in [9.17, 15) is 19.5 Å². The Morgan fingerprint density at radius 1 is 0.698 bits per heavy atom. The van der Waals surface area contributed by atoms with Crippen LogP contribution in [0.2, 0.25) is 10.0 Å². The summed E-state index contributed by atoms with van der Waals surface area (Å²) >= 11 is 12.9. The lowest BCUT2D eigenvalue weighted by atomic mass is 10.1. The number of fused-ring (bicyclic) bond motifs is 2. The number of urea groups is 1. The number of anilines is 2. The number of nitrogen functional groups attached to an aromatic ring is 2. The molecule has 0 spiro atoms. The van der Waals surface area contributed by atoms with E-state index in [-0.39, 0.29) is 49.1 Å². The number of benzene rings is 4. The number of aliphatic hydroxyl groups is 1. The van der Waals surface area contributed by atoms with Crippen LogP contribution in [-0.2, 0) is 0 Å². The van der Waals surface area contributed by atoms with Crippen LogP contribution in [0.15, 0.2) is 91.3 Å². The van der Waals surface area contributed by atoms with Crippen molar-refractivity contribution in [1.82, 2.24) is 36.1 Å². The fourth-order valence-corrected chi connectivity index (χ4v) is 6.59. The van der Waals surface area contributed by atoms with Gasteiger partial charge in [-0.05, 0) is 79.3 Å².